The molecule has 4 heteroatoms. The van der Waals surface area contributed by atoms with E-state index in [0.717, 1.165) is 28.7 Å². The molecule has 0 amide bonds. The molecule has 0 atom stereocenters. The van der Waals surface area contributed by atoms with Crippen molar-refractivity contribution >= 4 is 16.5 Å². The van der Waals surface area contributed by atoms with Gasteiger partial charge in [0.2, 0.25) is 5.13 Å². The number of aromatic nitrogens is 2. The van der Waals surface area contributed by atoms with E-state index >= 15 is 0 Å². The van der Waals surface area contributed by atoms with Gasteiger partial charge in [0, 0.05) is 20.0 Å². The van der Waals surface area contributed by atoms with Gasteiger partial charge in [0.15, 0.2) is 0 Å². The van der Waals surface area contributed by atoms with E-state index in [1.807, 2.05) is 32.2 Å². The average molecular weight is 259 g/mol. The normalized spacial score (nSPS) is 10.3. The van der Waals surface area contributed by atoms with Gasteiger partial charge in [-0.25, -0.2) is 0 Å². The topological polar surface area (TPSA) is 29.0 Å². The molecule has 1 heterocycles. The molecule has 0 bridgehead atoms. The van der Waals surface area contributed by atoms with Crippen molar-refractivity contribution in [3.8, 4) is 0 Å². The highest BCUT2D eigenvalue weighted by molar-refractivity contribution is 7.15. The predicted molar refractivity (Wildman–Crippen MR) is 77.2 cm³/mol. The van der Waals surface area contributed by atoms with E-state index in [2.05, 4.69) is 33.8 Å². The van der Waals surface area contributed by atoms with Crippen LogP contribution in [0.5, 0.6) is 0 Å². The summed E-state index contributed by atoms with van der Waals surface area (Å²) in [5, 5.41) is 10.4. The SMILES string of the molecule is C=C(C)CN(C)c1nnc(Cc2ccccc2)s1. The van der Waals surface area contributed by atoms with Gasteiger partial charge >= 0.3 is 0 Å². The lowest BCUT2D eigenvalue weighted by atomic mass is 10.2. The van der Waals surface area contributed by atoms with Crippen LogP contribution >= 0.6 is 11.3 Å². The highest BCUT2D eigenvalue weighted by Crippen LogP contribution is 2.21. The quantitative estimate of drug-likeness (QED) is 0.772. The van der Waals surface area contributed by atoms with Gasteiger partial charge in [-0.15, -0.1) is 10.2 Å². The Bertz CT molecular complexity index is 519. The van der Waals surface area contributed by atoms with Crippen LogP contribution in [0.3, 0.4) is 0 Å². The minimum atomic E-state index is 0.819. The summed E-state index contributed by atoms with van der Waals surface area (Å²) in [7, 11) is 2.02. The lowest BCUT2D eigenvalue weighted by molar-refractivity contribution is 0.927. The average Bonchev–Trinajstić information content (AvgIpc) is 2.78. The van der Waals surface area contributed by atoms with Gasteiger partial charge in [-0.2, -0.15) is 0 Å². The fraction of sp³-hybridized carbons (Fsp3) is 0.286. The maximum atomic E-state index is 4.24. The number of hydrogen-bond donors (Lipinski definition) is 0. The molecule has 18 heavy (non-hydrogen) atoms. The number of nitrogens with zero attached hydrogens (tertiary/aromatic N) is 3. The molecular weight excluding hydrogens is 242 g/mol. The second-order valence-corrected chi connectivity index (χ2v) is 5.49. The Hall–Kier alpha value is -1.68. The van der Waals surface area contributed by atoms with E-state index in [4.69, 9.17) is 0 Å². The van der Waals surface area contributed by atoms with E-state index in [0.29, 0.717) is 0 Å². The van der Waals surface area contributed by atoms with Gasteiger partial charge in [0.1, 0.15) is 5.01 Å². The van der Waals surface area contributed by atoms with Crippen LogP contribution in [0.1, 0.15) is 17.5 Å². The number of hydrogen-bond acceptors (Lipinski definition) is 4. The molecule has 0 aliphatic heterocycles. The third kappa shape index (κ3) is 3.40. The van der Waals surface area contributed by atoms with E-state index in [9.17, 15) is 0 Å². The molecule has 0 N–H and O–H groups in total. The fourth-order valence-electron chi connectivity index (χ4n) is 1.71. The maximum absolute atomic E-state index is 4.24. The Kier molecular flexibility index (Phi) is 4.10. The molecule has 1 aromatic carbocycles. The zero-order chi connectivity index (χ0) is 13.0. The fourth-order valence-corrected chi connectivity index (χ4v) is 2.55. The molecule has 0 unspecified atom stereocenters. The summed E-state index contributed by atoms with van der Waals surface area (Å²) in [6.07, 6.45) is 0.847. The first-order valence-corrected chi connectivity index (χ1v) is 6.68. The van der Waals surface area contributed by atoms with Crippen LogP contribution in [0.25, 0.3) is 0 Å². The lowest BCUT2D eigenvalue weighted by Gasteiger charge is -2.14. The summed E-state index contributed by atoms with van der Waals surface area (Å²) in [6, 6.07) is 10.3. The molecule has 2 rings (SSSR count). The molecule has 94 valence electrons. The second kappa shape index (κ2) is 5.78. The molecule has 0 fully saturated rings. The molecule has 0 saturated heterocycles. The van der Waals surface area contributed by atoms with Crippen molar-refractivity contribution in [1.29, 1.82) is 0 Å². The summed E-state index contributed by atoms with van der Waals surface area (Å²) in [5.74, 6) is 0. The van der Waals surface area contributed by atoms with Crippen LogP contribution in [0.2, 0.25) is 0 Å². The largest absolute Gasteiger partial charge is 0.346 e. The first-order valence-electron chi connectivity index (χ1n) is 5.87. The molecule has 0 radical (unpaired) electrons. The van der Waals surface area contributed by atoms with Gasteiger partial charge in [-0.05, 0) is 12.5 Å². The zero-order valence-electron chi connectivity index (χ0n) is 10.8. The number of likely N-dealkylation sites (N-methyl/N-ethyl adjacent to an activating group) is 1. The van der Waals surface area contributed by atoms with Crippen molar-refractivity contribution in [2.45, 2.75) is 13.3 Å². The summed E-state index contributed by atoms with van der Waals surface area (Å²) < 4.78 is 0. The van der Waals surface area contributed by atoms with Crippen molar-refractivity contribution in [2.75, 3.05) is 18.5 Å². The molecule has 2 aromatic rings. The summed E-state index contributed by atoms with van der Waals surface area (Å²) in [6.45, 7) is 6.75. The number of rotatable bonds is 5. The van der Waals surface area contributed by atoms with Crippen LogP contribution < -0.4 is 4.90 Å². The number of anilines is 1. The Morgan fingerprint density at radius 2 is 2.00 bits per heavy atom. The third-order valence-electron chi connectivity index (χ3n) is 2.49. The Morgan fingerprint density at radius 1 is 1.28 bits per heavy atom. The Labute approximate surface area is 112 Å². The van der Waals surface area contributed by atoms with Gasteiger partial charge in [-0.3, -0.25) is 0 Å². The molecule has 0 spiro atoms. The minimum absolute atomic E-state index is 0.819. The Balaban J connectivity index is 2.04. The van der Waals surface area contributed by atoms with E-state index in [-0.39, 0.29) is 0 Å². The van der Waals surface area contributed by atoms with Crippen molar-refractivity contribution in [2.24, 2.45) is 0 Å². The van der Waals surface area contributed by atoms with E-state index in [1.54, 1.807) is 11.3 Å². The Morgan fingerprint density at radius 3 is 2.67 bits per heavy atom. The van der Waals surface area contributed by atoms with Crippen LogP contribution in [-0.4, -0.2) is 23.8 Å². The van der Waals surface area contributed by atoms with Crippen molar-refractivity contribution < 1.29 is 0 Å². The molecule has 1 aromatic heterocycles. The first kappa shape index (κ1) is 12.8. The van der Waals surface area contributed by atoms with E-state index < -0.39 is 0 Å². The highest BCUT2D eigenvalue weighted by Gasteiger charge is 2.09. The van der Waals surface area contributed by atoms with Crippen LogP contribution in [0, 0.1) is 0 Å². The van der Waals surface area contributed by atoms with Crippen molar-refractivity contribution in [1.82, 2.24) is 10.2 Å². The molecule has 0 saturated carbocycles. The van der Waals surface area contributed by atoms with Gasteiger partial charge < -0.3 is 4.90 Å². The van der Waals surface area contributed by atoms with Crippen LogP contribution in [-0.2, 0) is 6.42 Å². The van der Waals surface area contributed by atoms with Crippen LogP contribution in [0.4, 0.5) is 5.13 Å². The molecule has 0 aliphatic rings. The standard InChI is InChI=1S/C14H17N3S/c1-11(2)10-17(3)14-16-15-13(18-14)9-12-7-5-4-6-8-12/h4-8H,1,9-10H2,2-3H3. The first-order chi connectivity index (χ1) is 8.65. The molecule has 0 aliphatic carbocycles. The summed E-state index contributed by atoms with van der Waals surface area (Å²) in [5.41, 5.74) is 2.39. The lowest BCUT2D eigenvalue weighted by Crippen LogP contribution is -2.18. The van der Waals surface area contributed by atoms with Gasteiger partial charge in [0.05, 0.1) is 0 Å². The van der Waals surface area contributed by atoms with Crippen molar-refractivity contribution in [3.05, 3.63) is 53.1 Å². The van der Waals surface area contributed by atoms with Gasteiger partial charge in [0.25, 0.3) is 0 Å². The third-order valence-corrected chi connectivity index (χ3v) is 3.53. The van der Waals surface area contributed by atoms with Crippen molar-refractivity contribution in [3.63, 3.8) is 0 Å². The second-order valence-electron chi connectivity index (χ2n) is 4.45. The summed E-state index contributed by atoms with van der Waals surface area (Å²) >= 11 is 1.64. The van der Waals surface area contributed by atoms with Crippen LogP contribution in [0.15, 0.2) is 42.5 Å². The minimum Gasteiger partial charge on any atom is -0.346 e. The molecular formula is C14H17N3S. The highest BCUT2D eigenvalue weighted by atomic mass is 32.1. The summed E-state index contributed by atoms with van der Waals surface area (Å²) in [4.78, 5) is 2.08. The molecule has 3 nitrogen and oxygen atoms in total. The monoisotopic (exact) mass is 259 g/mol. The van der Waals surface area contributed by atoms with Gasteiger partial charge in [-0.1, -0.05) is 53.8 Å². The predicted octanol–water partition coefficient (Wildman–Crippen LogP) is 3.14. The maximum Gasteiger partial charge on any atom is 0.208 e. The number of benzene rings is 1. The zero-order valence-corrected chi connectivity index (χ0v) is 11.6. The van der Waals surface area contributed by atoms with E-state index in [1.165, 1.54) is 5.56 Å². The smallest absolute Gasteiger partial charge is 0.208 e.